The Hall–Kier alpha value is -2.62. The molecule has 0 saturated carbocycles. The molecule has 0 fully saturated rings. The minimum absolute atomic E-state index is 0.139. The zero-order valence-corrected chi connectivity index (χ0v) is 19.8. The number of hydrogen-bond acceptors (Lipinski definition) is 4. The highest BCUT2D eigenvalue weighted by Crippen LogP contribution is 2.28. The maximum absolute atomic E-state index is 14.2. The Morgan fingerprint density at radius 1 is 1.09 bits per heavy atom. The normalized spacial score (nSPS) is 14.8. The van der Waals surface area contributed by atoms with Crippen molar-refractivity contribution in [3.8, 4) is 5.69 Å². The minimum atomic E-state index is -3.45. The van der Waals surface area contributed by atoms with Gasteiger partial charge in [0.1, 0.15) is 11.6 Å². The van der Waals surface area contributed by atoms with Gasteiger partial charge in [0.2, 0.25) is 10.0 Å². The van der Waals surface area contributed by atoms with Crippen molar-refractivity contribution in [1.82, 2.24) is 19.0 Å². The smallest absolute Gasteiger partial charge is 0.211 e. The summed E-state index contributed by atoms with van der Waals surface area (Å²) in [5.41, 5.74) is 3.91. The van der Waals surface area contributed by atoms with E-state index in [1.807, 2.05) is 19.9 Å². The molecule has 0 N–H and O–H groups in total. The molecular formula is C24H28F2N4O2S. The molecule has 2 aromatic carbocycles. The first-order chi connectivity index (χ1) is 15.6. The molecule has 0 amide bonds. The van der Waals surface area contributed by atoms with Crippen LogP contribution in [0.3, 0.4) is 0 Å². The largest absolute Gasteiger partial charge is 0.294 e. The summed E-state index contributed by atoms with van der Waals surface area (Å²) in [6.07, 6.45) is 1.86. The molecule has 1 aliphatic rings. The third-order valence-corrected chi connectivity index (χ3v) is 7.35. The van der Waals surface area contributed by atoms with Gasteiger partial charge in [-0.15, -0.1) is 0 Å². The van der Waals surface area contributed by atoms with Crippen molar-refractivity contribution in [2.45, 2.75) is 45.9 Å². The Morgan fingerprint density at radius 2 is 1.79 bits per heavy atom. The first kappa shape index (κ1) is 23.5. The summed E-state index contributed by atoms with van der Waals surface area (Å²) < 4.78 is 55.7. The standard InChI is InChI=1S/C24H28F2N4O2S/c1-17(2)29(33(3,31)32)16-23-21-15-28(14-18-6-4-5-7-22(18)26)13-12-24(21)30(27-23)20-10-8-19(25)9-11-20/h4-11,17H,12-16H2,1-3H3. The van der Waals surface area contributed by atoms with Gasteiger partial charge in [-0.3, -0.25) is 4.90 Å². The Balaban J connectivity index is 1.72. The minimum Gasteiger partial charge on any atom is -0.294 e. The summed E-state index contributed by atoms with van der Waals surface area (Å²) in [6.45, 7) is 5.47. The summed E-state index contributed by atoms with van der Waals surface area (Å²) in [7, 11) is -3.45. The average Bonchev–Trinajstić information content (AvgIpc) is 3.11. The van der Waals surface area contributed by atoms with Gasteiger partial charge in [0.05, 0.1) is 29.9 Å². The van der Waals surface area contributed by atoms with Crippen LogP contribution in [0.15, 0.2) is 48.5 Å². The molecule has 0 atom stereocenters. The summed E-state index contributed by atoms with van der Waals surface area (Å²) in [5.74, 6) is -0.576. The van der Waals surface area contributed by atoms with Crippen molar-refractivity contribution in [2.75, 3.05) is 12.8 Å². The van der Waals surface area contributed by atoms with E-state index in [2.05, 4.69) is 4.90 Å². The van der Waals surface area contributed by atoms with E-state index in [0.717, 1.165) is 16.9 Å². The number of halogens is 2. The molecule has 9 heteroatoms. The van der Waals surface area contributed by atoms with Crippen LogP contribution in [0.5, 0.6) is 0 Å². The predicted molar refractivity (Wildman–Crippen MR) is 123 cm³/mol. The second-order valence-electron chi connectivity index (χ2n) is 8.71. The van der Waals surface area contributed by atoms with Gasteiger partial charge in [0.25, 0.3) is 0 Å². The van der Waals surface area contributed by atoms with Gasteiger partial charge in [-0.2, -0.15) is 9.40 Å². The first-order valence-electron chi connectivity index (χ1n) is 10.9. The molecule has 0 saturated heterocycles. The molecule has 33 heavy (non-hydrogen) atoms. The molecule has 0 radical (unpaired) electrons. The molecule has 0 bridgehead atoms. The van der Waals surface area contributed by atoms with Crippen LogP contribution in [0.4, 0.5) is 8.78 Å². The fourth-order valence-electron chi connectivity index (χ4n) is 4.30. The van der Waals surface area contributed by atoms with Crippen molar-refractivity contribution in [3.05, 3.63) is 82.7 Å². The maximum Gasteiger partial charge on any atom is 0.211 e. The van der Waals surface area contributed by atoms with Crippen LogP contribution >= 0.6 is 0 Å². The Kier molecular flexibility index (Phi) is 6.65. The highest BCUT2D eigenvalue weighted by molar-refractivity contribution is 7.88. The fraction of sp³-hybridized carbons (Fsp3) is 0.375. The van der Waals surface area contributed by atoms with E-state index in [-0.39, 0.29) is 24.2 Å². The zero-order valence-electron chi connectivity index (χ0n) is 19.0. The lowest BCUT2D eigenvalue weighted by Gasteiger charge is -2.29. The van der Waals surface area contributed by atoms with Crippen LogP contribution in [0.1, 0.15) is 36.4 Å². The van der Waals surface area contributed by atoms with E-state index in [1.165, 1.54) is 28.8 Å². The Morgan fingerprint density at radius 3 is 2.42 bits per heavy atom. The van der Waals surface area contributed by atoms with E-state index in [0.29, 0.717) is 37.3 Å². The number of fused-ring (bicyclic) bond motifs is 1. The lowest BCUT2D eigenvalue weighted by atomic mass is 10.0. The van der Waals surface area contributed by atoms with Gasteiger partial charge in [0.15, 0.2) is 0 Å². The monoisotopic (exact) mass is 474 g/mol. The summed E-state index contributed by atoms with van der Waals surface area (Å²) in [4.78, 5) is 2.14. The van der Waals surface area contributed by atoms with Crippen molar-refractivity contribution >= 4 is 10.0 Å². The number of hydrogen-bond donors (Lipinski definition) is 0. The average molecular weight is 475 g/mol. The van der Waals surface area contributed by atoms with Gasteiger partial charge in [-0.25, -0.2) is 21.9 Å². The molecule has 1 aliphatic heterocycles. The molecule has 4 rings (SSSR count). The third-order valence-electron chi connectivity index (χ3n) is 5.95. The van der Waals surface area contributed by atoms with Gasteiger partial charge in [-0.1, -0.05) is 18.2 Å². The Bertz CT molecular complexity index is 1240. The van der Waals surface area contributed by atoms with Crippen LogP contribution in [0, 0.1) is 11.6 Å². The lowest BCUT2D eigenvalue weighted by Crippen LogP contribution is -2.36. The third kappa shape index (κ3) is 5.15. The fourth-order valence-corrected chi connectivity index (χ4v) is 5.42. The molecule has 6 nitrogen and oxygen atoms in total. The molecule has 176 valence electrons. The highest BCUT2D eigenvalue weighted by Gasteiger charge is 2.29. The van der Waals surface area contributed by atoms with E-state index in [1.54, 1.807) is 28.9 Å². The van der Waals surface area contributed by atoms with Crippen molar-refractivity contribution in [2.24, 2.45) is 0 Å². The number of aromatic nitrogens is 2. The van der Waals surface area contributed by atoms with E-state index in [4.69, 9.17) is 5.10 Å². The van der Waals surface area contributed by atoms with Crippen LogP contribution in [0.2, 0.25) is 0 Å². The molecule has 0 unspecified atom stereocenters. The Labute approximate surface area is 193 Å². The summed E-state index contributed by atoms with van der Waals surface area (Å²) in [6, 6.07) is 12.6. The number of nitrogens with zero attached hydrogens (tertiary/aromatic N) is 4. The zero-order chi connectivity index (χ0) is 23.8. The molecule has 1 aromatic heterocycles. The van der Waals surface area contributed by atoms with Crippen molar-refractivity contribution in [1.29, 1.82) is 0 Å². The van der Waals surface area contributed by atoms with Crippen molar-refractivity contribution < 1.29 is 17.2 Å². The maximum atomic E-state index is 14.2. The van der Waals surface area contributed by atoms with E-state index >= 15 is 0 Å². The number of rotatable bonds is 7. The second kappa shape index (κ2) is 9.32. The van der Waals surface area contributed by atoms with Crippen LogP contribution in [-0.2, 0) is 36.1 Å². The summed E-state index contributed by atoms with van der Waals surface area (Å²) in [5, 5.41) is 4.77. The molecule has 0 aliphatic carbocycles. The second-order valence-corrected chi connectivity index (χ2v) is 10.6. The van der Waals surface area contributed by atoms with Crippen molar-refractivity contribution in [3.63, 3.8) is 0 Å². The molecular weight excluding hydrogens is 446 g/mol. The van der Waals surface area contributed by atoms with E-state index < -0.39 is 10.0 Å². The number of benzene rings is 2. The quantitative estimate of drug-likeness (QED) is 0.522. The van der Waals surface area contributed by atoms with E-state index in [9.17, 15) is 17.2 Å². The van der Waals surface area contributed by atoms with Gasteiger partial charge in [-0.05, 0) is 44.2 Å². The molecule has 0 spiro atoms. The lowest BCUT2D eigenvalue weighted by molar-refractivity contribution is 0.238. The molecule has 2 heterocycles. The molecule has 3 aromatic rings. The van der Waals surface area contributed by atoms with Gasteiger partial charge in [0, 0.05) is 43.2 Å². The van der Waals surface area contributed by atoms with Crippen LogP contribution in [0.25, 0.3) is 5.69 Å². The topological polar surface area (TPSA) is 58.4 Å². The highest BCUT2D eigenvalue weighted by atomic mass is 32.2. The van der Waals surface area contributed by atoms with Crippen LogP contribution < -0.4 is 0 Å². The van der Waals surface area contributed by atoms with Gasteiger partial charge < -0.3 is 0 Å². The van der Waals surface area contributed by atoms with Gasteiger partial charge >= 0.3 is 0 Å². The predicted octanol–water partition coefficient (Wildman–Crippen LogP) is 3.88. The first-order valence-corrected chi connectivity index (χ1v) is 12.8. The SMILES string of the molecule is CC(C)N(Cc1nn(-c2ccc(F)cc2)c2c1CN(Cc1ccccc1F)CC2)S(C)(=O)=O. The number of sulfonamides is 1. The van der Waals surface area contributed by atoms with Crippen LogP contribution in [-0.4, -0.2) is 46.2 Å². The summed E-state index contributed by atoms with van der Waals surface area (Å²) >= 11 is 0.